The Hall–Kier alpha value is -3.71. The van der Waals surface area contributed by atoms with Crippen molar-refractivity contribution < 1.29 is 53.3 Å². The van der Waals surface area contributed by atoms with Gasteiger partial charge in [-0.1, -0.05) is 0 Å². The Labute approximate surface area is 197 Å². The van der Waals surface area contributed by atoms with Gasteiger partial charge in [-0.25, -0.2) is 0 Å². The van der Waals surface area contributed by atoms with Crippen LogP contribution in [0.3, 0.4) is 0 Å². The Kier molecular flexibility index (Phi) is 5.81. The van der Waals surface area contributed by atoms with Gasteiger partial charge in [0.25, 0.3) is 0 Å². The van der Waals surface area contributed by atoms with E-state index >= 15 is 0 Å². The van der Waals surface area contributed by atoms with Gasteiger partial charge >= 0.3 is 0 Å². The smallest absolute Gasteiger partial charge is 0.239 e. The van der Waals surface area contributed by atoms with E-state index in [0.717, 1.165) is 0 Å². The fraction of sp³-hybridized carbons (Fsp3) is 0.348. The van der Waals surface area contributed by atoms with E-state index < -0.39 is 35.8 Å². The van der Waals surface area contributed by atoms with E-state index in [9.17, 15) is 25.2 Å². The highest BCUT2D eigenvalue weighted by atomic mass is 16.7. The predicted molar refractivity (Wildman–Crippen MR) is 117 cm³/mol. The number of ether oxygens (including phenoxy) is 6. The summed E-state index contributed by atoms with van der Waals surface area (Å²) < 4.78 is 38.4. The van der Waals surface area contributed by atoms with Crippen molar-refractivity contribution in [1.29, 1.82) is 0 Å². The second-order valence-electron chi connectivity index (χ2n) is 7.86. The minimum absolute atomic E-state index is 0.0286. The Morgan fingerprint density at radius 3 is 2.51 bits per heavy atom. The molecular formula is C23H22O12. The molecular weight excluding hydrogens is 468 g/mol. The zero-order chi connectivity index (χ0) is 24.9. The van der Waals surface area contributed by atoms with Crippen molar-refractivity contribution in [1.82, 2.24) is 0 Å². The molecule has 0 aliphatic carbocycles. The summed E-state index contributed by atoms with van der Waals surface area (Å²) in [4.78, 5) is 13.7. The highest BCUT2D eigenvalue weighted by molar-refractivity contribution is 5.92. The number of aliphatic hydroxyl groups is 3. The molecule has 4 atom stereocenters. The number of benzene rings is 2. The monoisotopic (exact) mass is 490 g/mol. The number of hydrogen-bond acceptors (Lipinski definition) is 12. The Bertz CT molecular complexity index is 1330. The number of methoxy groups -OCH3 is 2. The van der Waals surface area contributed by atoms with E-state index in [1.807, 2.05) is 0 Å². The molecule has 4 N–H and O–H groups in total. The third-order valence-corrected chi connectivity index (χ3v) is 5.77. The number of phenolic OH excluding ortho intramolecular Hbond substituents is 1. The molecule has 1 unspecified atom stereocenters. The fourth-order valence-electron chi connectivity index (χ4n) is 3.98. The maximum absolute atomic E-state index is 13.7. The molecule has 0 spiro atoms. The molecule has 2 aliphatic heterocycles. The summed E-state index contributed by atoms with van der Waals surface area (Å²) in [5.74, 6) is 0.0170. The minimum Gasteiger partial charge on any atom is -0.504 e. The van der Waals surface area contributed by atoms with Gasteiger partial charge in [0, 0.05) is 11.6 Å². The lowest BCUT2D eigenvalue weighted by molar-refractivity contribution is -0.242. The summed E-state index contributed by atoms with van der Waals surface area (Å²) in [6.45, 7) is -0.427. The number of fused-ring (bicyclic) bond motifs is 2. The van der Waals surface area contributed by atoms with Crippen LogP contribution in [0.2, 0.25) is 0 Å². The summed E-state index contributed by atoms with van der Waals surface area (Å²) >= 11 is 0. The molecule has 2 aromatic carbocycles. The van der Waals surface area contributed by atoms with Crippen molar-refractivity contribution in [3.05, 3.63) is 34.5 Å². The van der Waals surface area contributed by atoms with Crippen molar-refractivity contribution >= 4 is 11.0 Å². The molecule has 12 heteroatoms. The summed E-state index contributed by atoms with van der Waals surface area (Å²) in [6.07, 6.45) is -6.10. The molecule has 0 bridgehead atoms. The van der Waals surface area contributed by atoms with Crippen LogP contribution in [0.4, 0.5) is 0 Å². The molecule has 186 valence electrons. The van der Waals surface area contributed by atoms with Crippen LogP contribution in [0.15, 0.2) is 33.5 Å². The zero-order valence-electron chi connectivity index (χ0n) is 18.6. The average molecular weight is 490 g/mol. The van der Waals surface area contributed by atoms with Gasteiger partial charge in [-0.3, -0.25) is 4.79 Å². The summed E-state index contributed by atoms with van der Waals surface area (Å²) in [5, 5.41) is 40.4. The van der Waals surface area contributed by atoms with E-state index in [0.29, 0.717) is 5.75 Å². The lowest BCUT2D eigenvalue weighted by atomic mass is 10.1. The quantitative estimate of drug-likeness (QED) is 0.397. The van der Waals surface area contributed by atoms with Gasteiger partial charge in [-0.05, 0) is 18.2 Å². The topological polar surface area (TPSA) is 167 Å². The van der Waals surface area contributed by atoms with Crippen LogP contribution >= 0.6 is 0 Å². The molecule has 2 aliphatic rings. The number of aromatic hydroxyl groups is 1. The van der Waals surface area contributed by atoms with Crippen LogP contribution in [0, 0.1) is 0 Å². The molecule has 0 amide bonds. The number of phenols is 1. The Morgan fingerprint density at radius 2 is 1.80 bits per heavy atom. The summed E-state index contributed by atoms with van der Waals surface area (Å²) in [7, 11) is 2.73. The van der Waals surface area contributed by atoms with Gasteiger partial charge < -0.3 is 53.3 Å². The molecule has 3 aromatic rings. The molecule has 5 rings (SSSR count). The maximum atomic E-state index is 13.7. The van der Waals surface area contributed by atoms with Gasteiger partial charge in [0.05, 0.1) is 20.8 Å². The maximum Gasteiger partial charge on any atom is 0.239 e. The van der Waals surface area contributed by atoms with Gasteiger partial charge in [0.15, 0.2) is 28.8 Å². The lowest BCUT2D eigenvalue weighted by Crippen LogP contribution is -2.55. The van der Waals surface area contributed by atoms with E-state index in [1.54, 1.807) is 0 Å². The number of aliphatic hydroxyl groups excluding tert-OH is 3. The molecule has 35 heavy (non-hydrogen) atoms. The third-order valence-electron chi connectivity index (χ3n) is 5.77. The normalized spacial score (nSPS) is 23.3. The predicted octanol–water partition coefficient (Wildman–Crippen LogP) is 0.729. The average Bonchev–Trinajstić information content (AvgIpc) is 3.32. The highest BCUT2D eigenvalue weighted by Gasteiger charge is 2.40. The molecule has 0 radical (unpaired) electrons. The minimum atomic E-state index is -1.68. The zero-order valence-corrected chi connectivity index (χ0v) is 18.6. The van der Waals surface area contributed by atoms with Crippen LogP contribution in [-0.4, -0.2) is 72.6 Å². The second kappa shape index (κ2) is 8.82. The first-order valence-corrected chi connectivity index (χ1v) is 10.5. The first kappa shape index (κ1) is 23.1. The molecule has 0 saturated carbocycles. The van der Waals surface area contributed by atoms with Crippen LogP contribution in [-0.2, 0) is 4.74 Å². The van der Waals surface area contributed by atoms with Crippen LogP contribution in [0.25, 0.3) is 22.3 Å². The molecule has 1 saturated heterocycles. The van der Waals surface area contributed by atoms with Crippen LogP contribution < -0.4 is 29.1 Å². The highest BCUT2D eigenvalue weighted by Crippen LogP contribution is 2.47. The fourth-order valence-corrected chi connectivity index (χ4v) is 3.98. The standard InChI is InChI=1S/C23H22O12/c1-29-12-4-3-9(5-10(12)24)19-22(35-23-18(28)16(26)11(25)7-31-23)17(27)15-13(34-19)6-14-20(21(15)30-2)33-8-32-14/h3-6,11,16,18,23-26,28H,7-8H2,1-2H3/t11-,16+,18?,23+/m1/s1. The van der Waals surface area contributed by atoms with Crippen LogP contribution in [0.1, 0.15) is 0 Å². The molecule has 3 heterocycles. The van der Waals surface area contributed by atoms with Crippen molar-refractivity contribution in [2.24, 2.45) is 0 Å². The van der Waals surface area contributed by atoms with Crippen molar-refractivity contribution in [3.63, 3.8) is 0 Å². The van der Waals surface area contributed by atoms with Crippen molar-refractivity contribution in [3.8, 4) is 45.8 Å². The third kappa shape index (κ3) is 3.76. The van der Waals surface area contributed by atoms with Crippen molar-refractivity contribution in [2.45, 2.75) is 24.6 Å². The van der Waals surface area contributed by atoms with E-state index in [4.69, 9.17) is 32.8 Å². The summed E-state index contributed by atoms with van der Waals surface area (Å²) in [5.41, 5.74) is -0.391. The molecule has 1 fully saturated rings. The second-order valence-corrected chi connectivity index (χ2v) is 7.86. The van der Waals surface area contributed by atoms with E-state index in [-0.39, 0.29) is 58.7 Å². The van der Waals surface area contributed by atoms with E-state index in [2.05, 4.69) is 0 Å². The molecule has 1 aromatic heterocycles. The summed E-state index contributed by atoms with van der Waals surface area (Å²) in [6, 6.07) is 5.75. The Morgan fingerprint density at radius 1 is 1.00 bits per heavy atom. The van der Waals surface area contributed by atoms with Gasteiger partial charge in [0.1, 0.15) is 29.3 Å². The number of hydrogen-bond donors (Lipinski definition) is 4. The van der Waals surface area contributed by atoms with Crippen molar-refractivity contribution in [2.75, 3.05) is 27.6 Å². The van der Waals surface area contributed by atoms with Crippen LogP contribution in [0.5, 0.6) is 34.5 Å². The number of rotatable bonds is 5. The largest absolute Gasteiger partial charge is 0.504 e. The molecule has 12 nitrogen and oxygen atoms in total. The SMILES string of the molecule is COc1ccc(-c2oc3cc4c(c(OC)c3c(=O)c2O[C@@H]2OC[C@@H](O)[C@H](O)C2O)OCO4)cc1O. The Balaban J connectivity index is 1.73. The first-order chi connectivity index (χ1) is 16.8. The van der Waals surface area contributed by atoms with Gasteiger partial charge in [0.2, 0.25) is 30.0 Å². The lowest BCUT2D eigenvalue weighted by Gasteiger charge is -2.34. The van der Waals surface area contributed by atoms with Gasteiger partial charge in [-0.2, -0.15) is 0 Å². The van der Waals surface area contributed by atoms with Gasteiger partial charge in [-0.15, -0.1) is 0 Å². The van der Waals surface area contributed by atoms with E-state index in [1.165, 1.54) is 38.5 Å². The first-order valence-electron chi connectivity index (χ1n) is 10.5.